The molecule has 0 aliphatic rings. The lowest BCUT2D eigenvalue weighted by atomic mass is 10.0. The molecule has 26 heavy (non-hydrogen) atoms. The van der Waals surface area contributed by atoms with Crippen LogP contribution in [-0.2, 0) is 7.05 Å². The van der Waals surface area contributed by atoms with Gasteiger partial charge in [0.25, 0.3) is 5.91 Å². The molecule has 1 unspecified atom stereocenters. The lowest BCUT2D eigenvalue weighted by molar-refractivity contribution is 0.0937. The van der Waals surface area contributed by atoms with Crippen LogP contribution in [0.5, 0.6) is 0 Å². The molecule has 6 heteroatoms. The van der Waals surface area contributed by atoms with Gasteiger partial charge in [-0.25, -0.2) is 4.98 Å². The Kier molecular flexibility index (Phi) is 5.02. The number of rotatable bonds is 5. The molecule has 0 saturated heterocycles. The molecule has 134 valence electrons. The highest BCUT2D eigenvalue weighted by atomic mass is 16.1. The van der Waals surface area contributed by atoms with Crippen molar-refractivity contribution < 1.29 is 4.79 Å². The van der Waals surface area contributed by atoms with Gasteiger partial charge in [-0.2, -0.15) is 5.10 Å². The van der Waals surface area contributed by atoms with Crippen molar-refractivity contribution in [1.82, 2.24) is 20.1 Å². The average Bonchev–Trinajstić information content (AvgIpc) is 3.08. The van der Waals surface area contributed by atoms with Gasteiger partial charge < -0.3 is 10.2 Å². The lowest BCUT2D eigenvalue weighted by Crippen LogP contribution is -2.28. The van der Waals surface area contributed by atoms with E-state index in [9.17, 15) is 4.79 Å². The maximum Gasteiger partial charge on any atom is 0.251 e. The summed E-state index contributed by atoms with van der Waals surface area (Å²) in [6.45, 7) is 1.90. The summed E-state index contributed by atoms with van der Waals surface area (Å²) in [6, 6.07) is 15.7. The van der Waals surface area contributed by atoms with E-state index in [1.165, 1.54) is 6.33 Å². The minimum atomic E-state index is -0.226. The van der Waals surface area contributed by atoms with Gasteiger partial charge in [0, 0.05) is 32.4 Å². The lowest BCUT2D eigenvalue weighted by Gasteiger charge is -2.15. The van der Waals surface area contributed by atoms with Crippen LogP contribution in [0.2, 0.25) is 0 Å². The Hall–Kier alpha value is -3.15. The van der Waals surface area contributed by atoms with Crippen molar-refractivity contribution in [2.45, 2.75) is 13.0 Å². The monoisotopic (exact) mass is 349 g/mol. The molecule has 6 nitrogen and oxygen atoms in total. The molecular weight excluding hydrogens is 326 g/mol. The molecule has 0 fully saturated rings. The van der Waals surface area contributed by atoms with Crippen LogP contribution in [0.1, 0.15) is 29.1 Å². The van der Waals surface area contributed by atoms with E-state index in [-0.39, 0.29) is 11.9 Å². The molecule has 0 spiro atoms. The Balaban J connectivity index is 1.82. The molecule has 0 bridgehead atoms. The Morgan fingerprint density at radius 3 is 2.46 bits per heavy atom. The molecule has 1 N–H and O–H groups in total. The van der Waals surface area contributed by atoms with E-state index in [0.29, 0.717) is 11.4 Å². The summed E-state index contributed by atoms with van der Waals surface area (Å²) in [7, 11) is 5.83. The fourth-order valence-corrected chi connectivity index (χ4v) is 2.85. The highest BCUT2D eigenvalue weighted by Gasteiger charge is 2.15. The largest absolute Gasteiger partial charge is 0.378 e. The Labute approximate surface area is 153 Å². The predicted octanol–water partition coefficient (Wildman–Crippen LogP) is 3.04. The van der Waals surface area contributed by atoms with Crippen molar-refractivity contribution in [2.75, 3.05) is 19.0 Å². The minimum Gasteiger partial charge on any atom is -0.378 e. The number of carbonyl (C=O) groups excluding carboxylic acids is 1. The summed E-state index contributed by atoms with van der Waals surface area (Å²) in [5.74, 6) is 0.583. The summed E-state index contributed by atoms with van der Waals surface area (Å²) in [5, 5.41) is 7.02. The molecule has 1 heterocycles. The molecular formula is C20H23N5O. The zero-order chi connectivity index (χ0) is 18.7. The number of benzene rings is 2. The first kappa shape index (κ1) is 17.7. The van der Waals surface area contributed by atoms with Crippen molar-refractivity contribution >= 4 is 11.6 Å². The predicted molar refractivity (Wildman–Crippen MR) is 103 cm³/mol. The highest BCUT2D eigenvalue weighted by Crippen LogP contribution is 2.25. The van der Waals surface area contributed by atoms with Gasteiger partial charge in [-0.05, 0) is 42.3 Å². The van der Waals surface area contributed by atoms with Crippen LogP contribution < -0.4 is 10.2 Å². The summed E-state index contributed by atoms with van der Waals surface area (Å²) >= 11 is 0. The van der Waals surface area contributed by atoms with Crippen LogP contribution in [0.15, 0.2) is 54.9 Å². The van der Waals surface area contributed by atoms with Crippen molar-refractivity contribution in [3.05, 3.63) is 66.2 Å². The number of hydrogen-bond acceptors (Lipinski definition) is 4. The third-order valence-corrected chi connectivity index (χ3v) is 4.30. The summed E-state index contributed by atoms with van der Waals surface area (Å²) in [6.07, 6.45) is 1.48. The first-order valence-corrected chi connectivity index (χ1v) is 8.48. The number of nitrogens with zero attached hydrogens (tertiary/aromatic N) is 4. The Bertz CT molecular complexity index is 916. The zero-order valence-electron chi connectivity index (χ0n) is 15.5. The second kappa shape index (κ2) is 7.39. The number of nitrogens with one attached hydrogen (secondary N) is 1. The van der Waals surface area contributed by atoms with E-state index in [4.69, 9.17) is 0 Å². The first-order valence-electron chi connectivity index (χ1n) is 8.48. The van der Waals surface area contributed by atoms with Crippen LogP contribution in [0, 0.1) is 0 Å². The summed E-state index contributed by atoms with van der Waals surface area (Å²) in [4.78, 5) is 18.9. The molecule has 1 aromatic heterocycles. The summed E-state index contributed by atoms with van der Waals surface area (Å²) < 4.78 is 1.66. The van der Waals surface area contributed by atoms with Crippen LogP contribution in [0.4, 0.5) is 5.69 Å². The molecule has 3 aromatic rings. The quantitative estimate of drug-likeness (QED) is 0.769. The van der Waals surface area contributed by atoms with E-state index in [1.807, 2.05) is 64.5 Å². The van der Waals surface area contributed by atoms with E-state index in [1.54, 1.807) is 4.68 Å². The van der Waals surface area contributed by atoms with Crippen LogP contribution >= 0.6 is 0 Å². The van der Waals surface area contributed by atoms with Gasteiger partial charge in [0.05, 0.1) is 6.04 Å². The molecule has 3 rings (SSSR count). The molecule has 2 aromatic carbocycles. The van der Waals surface area contributed by atoms with E-state index in [2.05, 4.69) is 32.4 Å². The molecule has 0 aliphatic heterocycles. The Morgan fingerprint density at radius 1 is 1.12 bits per heavy atom. The zero-order valence-corrected chi connectivity index (χ0v) is 15.5. The SMILES string of the molecule is CC(NC(=O)c1cccc(-c2cccc(N(C)C)c2)c1)c1ncnn1C. The molecule has 1 atom stereocenters. The van der Waals surface area contributed by atoms with Gasteiger partial charge in [0.2, 0.25) is 0 Å². The highest BCUT2D eigenvalue weighted by molar-refractivity contribution is 5.95. The fourth-order valence-electron chi connectivity index (χ4n) is 2.85. The van der Waals surface area contributed by atoms with Gasteiger partial charge in [-0.15, -0.1) is 0 Å². The minimum absolute atomic E-state index is 0.133. The third-order valence-electron chi connectivity index (χ3n) is 4.30. The van der Waals surface area contributed by atoms with E-state index in [0.717, 1.165) is 16.8 Å². The average molecular weight is 349 g/mol. The van der Waals surface area contributed by atoms with Gasteiger partial charge in [0.15, 0.2) is 0 Å². The van der Waals surface area contributed by atoms with Crippen LogP contribution in [0.25, 0.3) is 11.1 Å². The number of carbonyl (C=O) groups is 1. The smallest absolute Gasteiger partial charge is 0.251 e. The number of aromatic nitrogens is 3. The van der Waals surface area contributed by atoms with E-state index >= 15 is 0 Å². The first-order chi connectivity index (χ1) is 12.5. The van der Waals surface area contributed by atoms with E-state index < -0.39 is 0 Å². The second-order valence-corrected chi connectivity index (χ2v) is 6.46. The fraction of sp³-hybridized carbons (Fsp3) is 0.250. The summed E-state index contributed by atoms with van der Waals surface area (Å²) in [5.41, 5.74) is 3.82. The second-order valence-electron chi connectivity index (χ2n) is 6.46. The maximum absolute atomic E-state index is 12.6. The Morgan fingerprint density at radius 2 is 1.81 bits per heavy atom. The standard InChI is InChI=1S/C20H23N5O/c1-14(19-21-13-22-25(19)4)23-20(26)17-9-5-7-15(11-17)16-8-6-10-18(12-16)24(2)3/h5-14H,1-4H3,(H,23,26). The third kappa shape index (κ3) is 3.74. The van der Waals surface area contributed by atoms with Crippen LogP contribution in [-0.4, -0.2) is 34.8 Å². The number of amides is 1. The van der Waals surface area contributed by atoms with Gasteiger partial charge in [-0.1, -0.05) is 24.3 Å². The van der Waals surface area contributed by atoms with Crippen molar-refractivity contribution in [1.29, 1.82) is 0 Å². The molecule has 0 saturated carbocycles. The van der Waals surface area contributed by atoms with Gasteiger partial charge >= 0.3 is 0 Å². The maximum atomic E-state index is 12.6. The van der Waals surface area contributed by atoms with Crippen molar-refractivity contribution in [3.8, 4) is 11.1 Å². The number of hydrogen-bond donors (Lipinski definition) is 1. The molecule has 0 radical (unpaired) electrons. The van der Waals surface area contributed by atoms with Gasteiger partial charge in [0.1, 0.15) is 12.2 Å². The molecule has 0 aliphatic carbocycles. The normalized spacial score (nSPS) is 11.8. The number of aryl methyl sites for hydroxylation is 1. The molecule has 1 amide bonds. The number of anilines is 1. The van der Waals surface area contributed by atoms with Crippen molar-refractivity contribution in [3.63, 3.8) is 0 Å². The topological polar surface area (TPSA) is 63.1 Å². The van der Waals surface area contributed by atoms with Crippen LogP contribution in [0.3, 0.4) is 0 Å². The van der Waals surface area contributed by atoms with Crippen molar-refractivity contribution in [2.24, 2.45) is 7.05 Å². The van der Waals surface area contributed by atoms with Gasteiger partial charge in [-0.3, -0.25) is 9.48 Å².